The number of fused-ring (bicyclic) bond motifs is 6. The number of carbonyl (C=O) groups is 1. The molecule has 0 fully saturated rings. The molecule has 0 bridgehead atoms. The molecule has 4 nitrogen and oxygen atoms in total. The monoisotopic (exact) mass is 267 g/mol. The third-order valence-electron chi connectivity index (χ3n) is 3.96. The Morgan fingerprint density at radius 1 is 1.30 bits per heavy atom. The van der Waals surface area contributed by atoms with Gasteiger partial charge in [0, 0.05) is 23.9 Å². The minimum Gasteiger partial charge on any atom is -0.478 e. The molecule has 1 aromatic rings. The van der Waals surface area contributed by atoms with Crippen LogP contribution in [-0.2, 0) is 9.53 Å². The molecule has 4 heteroatoms. The van der Waals surface area contributed by atoms with Crippen molar-refractivity contribution in [2.45, 2.75) is 12.5 Å². The van der Waals surface area contributed by atoms with Crippen LogP contribution >= 0.6 is 0 Å². The van der Waals surface area contributed by atoms with Crippen molar-refractivity contribution in [1.82, 2.24) is 4.90 Å². The summed E-state index contributed by atoms with van der Waals surface area (Å²) in [6.07, 6.45) is 6.09. The molecule has 1 unspecified atom stereocenters. The Bertz CT molecular complexity index is 699. The van der Waals surface area contributed by atoms with Gasteiger partial charge in [0.2, 0.25) is 0 Å². The molecule has 1 N–H and O–H groups in total. The van der Waals surface area contributed by atoms with Gasteiger partial charge in [-0.15, -0.1) is 0 Å². The first-order valence-electron chi connectivity index (χ1n) is 6.60. The van der Waals surface area contributed by atoms with Gasteiger partial charge in [-0.1, -0.05) is 30.3 Å². The van der Waals surface area contributed by atoms with Crippen molar-refractivity contribution in [2.24, 2.45) is 0 Å². The number of aliphatic carboxylic acids is 1. The van der Waals surface area contributed by atoms with E-state index in [-0.39, 0.29) is 6.10 Å². The lowest BCUT2D eigenvalue weighted by atomic mass is 9.90. The number of hydrogen-bond donors (Lipinski definition) is 1. The third kappa shape index (κ3) is 1.48. The maximum absolute atomic E-state index is 11.2. The van der Waals surface area contributed by atoms with Gasteiger partial charge in [0.25, 0.3) is 0 Å². The average Bonchev–Trinajstić information content (AvgIpc) is 2.96. The SMILES string of the molecule is O=C(O)C1=CN2C(=CC1)c1ccccc1C1OCC=C12. The van der Waals surface area contributed by atoms with Crippen molar-refractivity contribution in [3.63, 3.8) is 0 Å². The number of carboxylic acids is 1. The van der Waals surface area contributed by atoms with Gasteiger partial charge < -0.3 is 14.7 Å². The second-order valence-corrected chi connectivity index (χ2v) is 5.05. The van der Waals surface area contributed by atoms with E-state index in [0.717, 1.165) is 22.5 Å². The number of hydrogen-bond acceptors (Lipinski definition) is 3. The quantitative estimate of drug-likeness (QED) is 0.850. The van der Waals surface area contributed by atoms with Crippen LogP contribution in [0, 0.1) is 0 Å². The van der Waals surface area contributed by atoms with Crippen LogP contribution in [0.2, 0.25) is 0 Å². The molecule has 3 aliphatic heterocycles. The van der Waals surface area contributed by atoms with Gasteiger partial charge in [0.15, 0.2) is 0 Å². The molecule has 0 aliphatic carbocycles. The van der Waals surface area contributed by atoms with Crippen molar-refractivity contribution in [2.75, 3.05) is 6.61 Å². The Hall–Kier alpha value is -2.33. The Morgan fingerprint density at radius 3 is 3.00 bits per heavy atom. The van der Waals surface area contributed by atoms with E-state index in [1.165, 1.54) is 0 Å². The molecule has 3 heterocycles. The third-order valence-corrected chi connectivity index (χ3v) is 3.96. The maximum Gasteiger partial charge on any atom is 0.333 e. The molecule has 0 aromatic heterocycles. The fourth-order valence-electron chi connectivity index (χ4n) is 3.03. The van der Waals surface area contributed by atoms with Crippen LogP contribution in [0.1, 0.15) is 23.7 Å². The lowest BCUT2D eigenvalue weighted by Crippen LogP contribution is -2.28. The molecule has 4 rings (SSSR count). The predicted octanol–water partition coefficient (Wildman–Crippen LogP) is 2.67. The smallest absolute Gasteiger partial charge is 0.333 e. The highest BCUT2D eigenvalue weighted by Crippen LogP contribution is 2.46. The van der Waals surface area contributed by atoms with Crippen LogP contribution in [0.4, 0.5) is 0 Å². The summed E-state index contributed by atoms with van der Waals surface area (Å²) in [6.45, 7) is 0.564. The molecule has 100 valence electrons. The van der Waals surface area contributed by atoms with E-state index < -0.39 is 5.97 Å². The zero-order chi connectivity index (χ0) is 13.7. The molecule has 0 spiro atoms. The predicted molar refractivity (Wildman–Crippen MR) is 73.4 cm³/mol. The fourth-order valence-corrected chi connectivity index (χ4v) is 3.03. The van der Waals surface area contributed by atoms with E-state index in [1.807, 2.05) is 29.2 Å². The van der Waals surface area contributed by atoms with Gasteiger partial charge in [-0.25, -0.2) is 4.79 Å². The second kappa shape index (κ2) is 4.08. The van der Waals surface area contributed by atoms with Gasteiger partial charge in [0.05, 0.1) is 17.9 Å². The number of nitrogens with zero attached hydrogens (tertiary/aromatic N) is 1. The molecule has 0 amide bonds. The van der Waals surface area contributed by atoms with Gasteiger partial charge in [-0.05, 0) is 11.6 Å². The number of rotatable bonds is 1. The van der Waals surface area contributed by atoms with Gasteiger partial charge >= 0.3 is 5.97 Å². The van der Waals surface area contributed by atoms with Crippen LogP contribution in [0.25, 0.3) is 5.70 Å². The van der Waals surface area contributed by atoms with Gasteiger partial charge in [-0.2, -0.15) is 0 Å². The van der Waals surface area contributed by atoms with E-state index >= 15 is 0 Å². The highest BCUT2D eigenvalue weighted by atomic mass is 16.5. The Labute approximate surface area is 116 Å². The summed E-state index contributed by atoms with van der Waals surface area (Å²) in [7, 11) is 0. The zero-order valence-corrected chi connectivity index (χ0v) is 10.7. The van der Waals surface area contributed by atoms with Crippen molar-refractivity contribution in [1.29, 1.82) is 0 Å². The first kappa shape index (κ1) is 11.5. The molecule has 3 aliphatic rings. The van der Waals surface area contributed by atoms with E-state index in [2.05, 4.69) is 12.1 Å². The Balaban J connectivity index is 1.90. The fraction of sp³-hybridized carbons (Fsp3) is 0.188. The van der Waals surface area contributed by atoms with Crippen molar-refractivity contribution >= 4 is 11.7 Å². The molecule has 1 aromatic carbocycles. The summed E-state index contributed by atoms with van der Waals surface area (Å²) in [6, 6.07) is 8.15. The summed E-state index contributed by atoms with van der Waals surface area (Å²) in [4.78, 5) is 13.2. The lowest BCUT2D eigenvalue weighted by Gasteiger charge is -2.37. The van der Waals surface area contributed by atoms with Crippen LogP contribution in [0.15, 0.2) is 53.9 Å². The molecule has 1 atom stereocenters. The number of carboxylic acid groups (broad SMARTS) is 1. The molecular weight excluding hydrogens is 254 g/mol. The Morgan fingerprint density at radius 2 is 2.15 bits per heavy atom. The minimum absolute atomic E-state index is 0.0901. The van der Waals surface area contributed by atoms with Crippen LogP contribution < -0.4 is 0 Å². The Kier molecular flexibility index (Phi) is 2.35. The number of ether oxygens (including phenoxy) is 1. The molecule has 0 saturated heterocycles. The minimum atomic E-state index is -0.866. The van der Waals surface area contributed by atoms with Crippen LogP contribution in [0.3, 0.4) is 0 Å². The summed E-state index contributed by atoms with van der Waals surface area (Å²) >= 11 is 0. The van der Waals surface area contributed by atoms with Crippen LogP contribution in [-0.4, -0.2) is 22.6 Å². The molecule has 0 radical (unpaired) electrons. The lowest BCUT2D eigenvalue weighted by molar-refractivity contribution is -0.132. The summed E-state index contributed by atoms with van der Waals surface area (Å²) < 4.78 is 5.79. The highest BCUT2D eigenvalue weighted by molar-refractivity contribution is 5.89. The normalized spacial score (nSPS) is 23.1. The zero-order valence-electron chi connectivity index (χ0n) is 10.7. The topological polar surface area (TPSA) is 49.8 Å². The highest BCUT2D eigenvalue weighted by Gasteiger charge is 2.36. The molecule has 20 heavy (non-hydrogen) atoms. The van der Waals surface area contributed by atoms with E-state index in [9.17, 15) is 9.90 Å². The van der Waals surface area contributed by atoms with Crippen molar-refractivity contribution in [3.05, 3.63) is 65.0 Å². The van der Waals surface area contributed by atoms with Crippen molar-refractivity contribution < 1.29 is 14.6 Å². The number of allylic oxidation sites excluding steroid dienone is 1. The van der Waals surface area contributed by atoms with E-state index in [1.54, 1.807) is 6.20 Å². The van der Waals surface area contributed by atoms with Gasteiger partial charge in [-0.3, -0.25) is 0 Å². The molecular formula is C16H13NO3. The summed E-state index contributed by atoms with van der Waals surface area (Å²) in [5.41, 5.74) is 4.76. The van der Waals surface area contributed by atoms with E-state index in [4.69, 9.17) is 4.74 Å². The summed E-state index contributed by atoms with van der Waals surface area (Å²) in [5, 5.41) is 9.19. The average molecular weight is 267 g/mol. The largest absolute Gasteiger partial charge is 0.478 e. The summed E-state index contributed by atoms with van der Waals surface area (Å²) in [5.74, 6) is -0.866. The maximum atomic E-state index is 11.2. The van der Waals surface area contributed by atoms with Crippen molar-refractivity contribution in [3.8, 4) is 0 Å². The number of benzene rings is 1. The second-order valence-electron chi connectivity index (χ2n) is 5.05. The molecule has 0 saturated carbocycles. The first-order chi connectivity index (χ1) is 9.75. The standard InChI is InChI=1S/C16H13NO3/c18-16(19)10-5-6-13-11-3-1-2-4-12(11)15-14(7-8-20-15)17(13)9-10/h1-4,6-7,9,15H,5,8H2,(H,18,19). The van der Waals surface area contributed by atoms with Crippen LogP contribution in [0.5, 0.6) is 0 Å². The van der Waals surface area contributed by atoms with E-state index in [0.29, 0.717) is 18.6 Å². The first-order valence-corrected chi connectivity index (χ1v) is 6.60. The van der Waals surface area contributed by atoms with Gasteiger partial charge in [0.1, 0.15) is 6.10 Å².